The number of amides is 1. The molecule has 0 unspecified atom stereocenters. The number of H-pyrrole nitrogens is 1. The maximum atomic E-state index is 13.2. The smallest absolute Gasteiger partial charge is 0.227 e. The monoisotopic (exact) mass is 450 g/mol. The average Bonchev–Trinajstić information content (AvgIpc) is 3.25. The molecule has 2 aromatic carbocycles. The Labute approximate surface area is 188 Å². The fourth-order valence-corrected chi connectivity index (χ4v) is 4.09. The molecule has 0 saturated carbocycles. The van der Waals surface area contributed by atoms with Gasteiger partial charge in [-0.05, 0) is 35.9 Å². The Morgan fingerprint density at radius 1 is 1.03 bits per heavy atom. The first-order chi connectivity index (χ1) is 15.6. The molecule has 0 bridgehead atoms. The summed E-state index contributed by atoms with van der Waals surface area (Å²) in [4.78, 5) is 33.3. The van der Waals surface area contributed by atoms with Crippen LogP contribution in [0.15, 0.2) is 54.9 Å². The molecule has 1 N–H and O–H groups in total. The summed E-state index contributed by atoms with van der Waals surface area (Å²) in [5.74, 6) is 1.11. The Hall–Kier alpha value is -3.52. The highest BCUT2D eigenvalue weighted by molar-refractivity contribution is 6.31. The third kappa shape index (κ3) is 4.01. The van der Waals surface area contributed by atoms with Gasteiger partial charge in [0.2, 0.25) is 5.91 Å². The van der Waals surface area contributed by atoms with Gasteiger partial charge in [0.05, 0.1) is 6.42 Å². The maximum Gasteiger partial charge on any atom is 0.227 e. The van der Waals surface area contributed by atoms with Crippen LogP contribution in [0.25, 0.3) is 22.6 Å². The molecule has 0 spiro atoms. The van der Waals surface area contributed by atoms with Crippen molar-refractivity contribution in [2.45, 2.75) is 6.42 Å². The van der Waals surface area contributed by atoms with E-state index in [1.165, 1.54) is 18.5 Å². The van der Waals surface area contributed by atoms with E-state index in [0.29, 0.717) is 49.1 Å². The van der Waals surface area contributed by atoms with E-state index in [4.69, 9.17) is 11.6 Å². The SMILES string of the molecule is O=C(Cc1ccccc1Cl)N1CCN(c2ncnc3nc(-c4ccc(F)cc4)[nH]c23)CC1. The van der Waals surface area contributed by atoms with Crippen LogP contribution >= 0.6 is 11.6 Å². The van der Waals surface area contributed by atoms with Crippen molar-refractivity contribution >= 4 is 34.5 Å². The Bertz CT molecular complexity index is 1270. The van der Waals surface area contributed by atoms with E-state index < -0.39 is 0 Å². The number of carbonyl (C=O) groups excluding carboxylic acids is 1. The molecule has 162 valence electrons. The lowest BCUT2D eigenvalue weighted by Crippen LogP contribution is -2.49. The molecule has 5 rings (SSSR count). The molecule has 1 fully saturated rings. The van der Waals surface area contributed by atoms with Crippen LogP contribution in [0, 0.1) is 5.82 Å². The van der Waals surface area contributed by atoms with E-state index >= 15 is 0 Å². The van der Waals surface area contributed by atoms with Crippen molar-refractivity contribution in [1.29, 1.82) is 0 Å². The number of fused-ring (bicyclic) bond motifs is 1. The lowest BCUT2D eigenvalue weighted by Gasteiger charge is -2.35. The van der Waals surface area contributed by atoms with Crippen molar-refractivity contribution < 1.29 is 9.18 Å². The fourth-order valence-electron chi connectivity index (χ4n) is 3.88. The first-order valence-corrected chi connectivity index (χ1v) is 10.7. The van der Waals surface area contributed by atoms with Crippen molar-refractivity contribution in [2.75, 3.05) is 31.1 Å². The molecule has 1 aliphatic rings. The van der Waals surface area contributed by atoms with E-state index in [9.17, 15) is 9.18 Å². The third-order valence-corrected chi connectivity index (χ3v) is 5.99. The number of hydrogen-bond donors (Lipinski definition) is 1. The maximum absolute atomic E-state index is 13.2. The van der Waals surface area contributed by atoms with E-state index in [2.05, 4.69) is 24.8 Å². The summed E-state index contributed by atoms with van der Waals surface area (Å²) in [6.07, 6.45) is 1.78. The number of imidazole rings is 1. The molecular weight excluding hydrogens is 431 g/mol. The number of halogens is 2. The van der Waals surface area contributed by atoms with E-state index in [1.54, 1.807) is 18.2 Å². The summed E-state index contributed by atoms with van der Waals surface area (Å²) in [5.41, 5.74) is 2.88. The van der Waals surface area contributed by atoms with Gasteiger partial charge in [0, 0.05) is 36.8 Å². The number of carbonyl (C=O) groups is 1. The van der Waals surface area contributed by atoms with Crippen LogP contribution in [0.2, 0.25) is 5.02 Å². The Balaban J connectivity index is 1.31. The minimum absolute atomic E-state index is 0.0609. The first kappa shape index (κ1) is 20.4. The second kappa shape index (κ2) is 8.55. The predicted octanol–water partition coefficient (Wildman–Crippen LogP) is 3.70. The van der Waals surface area contributed by atoms with Gasteiger partial charge in [0.15, 0.2) is 11.5 Å². The van der Waals surface area contributed by atoms with Gasteiger partial charge in [-0.3, -0.25) is 4.79 Å². The standard InChI is InChI=1S/C23H20ClFN6O/c24-18-4-2-1-3-16(18)13-19(32)30-9-11-31(12-10-30)23-20-22(26-14-27-23)29-21(28-20)15-5-7-17(25)8-6-15/h1-8,14H,9-13H2,(H,26,27,28,29). The van der Waals surface area contributed by atoms with Crippen molar-refractivity contribution in [2.24, 2.45) is 0 Å². The van der Waals surface area contributed by atoms with Gasteiger partial charge in [0.1, 0.15) is 23.5 Å². The van der Waals surface area contributed by atoms with Gasteiger partial charge in [0.25, 0.3) is 0 Å². The topological polar surface area (TPSA) is 78.0 Å². The molecule has 0 radical (unpaired) electrons. The molecule has 9 heteroatoms. The highest BCUT2D eigenvalue weighted by atomic mass is 35.5. The molecular formula is C23H20ClFN6O. The Kier molecular flexibility index (Phi) is 5.45. The molecule has 0 aliphatic carbocycles. The van der Waals surface area contributed by atoms with Crippen LogP contribution in [-0.2, 0) is 11.2 Å². The van der Waals surface area contributed by atoms with E-state index in [0.717, 1.165) is 22.5 Å². The van der Waals surface area contributed by atoms with Gasteiger partial charge in [-0.15, -0.1) is 0 Å². The number of aromatic amines is 1. The summed E-state index contributed by atoms with van der Waals surface area (Å²) in [6, 6.07) is 13.6. The van der Waals surface area contributed by atoms with Gasteiger partial charge >= 0.3 is 0 Å². The summed E-state index contributed by atoms with van der Waals surface area (Å²) in [5, 5.41) is 0.610. The second-order valence-corrected chi connectivity index (χ2v) is 8.03. The predicted molar refractivity (Wildman–Crippen MR) is 121 cm³/mol. The summed E-state index contributed by atoms with van der Waals surface area (Å²) in [7, 11) is 0. The largest absolute Gasteiger partial charge is 0.351 e. The van der Waals surface area contributed by atoms with Gasteiger partial charge in [-0.1, -0.05) is 29.8 Å². The van der Waals surface area contributed by atoms with Crippen LogP contribution in [-0.4, -0.2) is 56.9 Å². The van der Waals surface area contributed by atoms with Crippen molar-refractivity contribution in [1.82, 2.24) is 24.8 Å². The van der Waals surface area contributed by atoms with Gasteiger partial charge in [-0.25, -0.2) is 19.3 Å². The Morgan fingerprint density at radius 3 is 2.53 bits per heavy atom. The summed E-state index contributed by atoms with van der Waals surface area (Å²) < 4.78 is 13.2. The Morgan fingerprint density at radius 2 is 1.78 bits per heavy atom. The minimum atomic E-state index is -0.299. The summed E-state index contributed by atoms with van der Waals surface area (Å²) in [6.45, 7) is 2.47. The van der Waals surface area contributed by atoms with Crippen LogP contribution in [0.5, 0.6) is 0 Å². The molecule has 32 heavy (non-hydrogen) atoms. The van der Waals surface area contributed by atoms with Gasteiger partial charge in [-0.2, -0.15) is 0 Å². The van der Waals surface area contributed by atoms with E-state index in [-0.39, 0.29) is 11.7 Å². The molecule has 3 heterocycles. The van der Waals surface area contributed by atoms with Crippen LogP contribution in [0.4, 0.5) is 10.2 Å². The molecule has 1 amide bonds. The lowest BCUT2D eigenvalue weighted by atomic mass is 10.1. The van der Waals surface area contributed by atoms with Crippen LogP contribution < -0.4 is 4.90 Å². The zero-order valence-electron chi connectivity index (χ0n) is 17.1. The number of benzene rings is 2. The quantitative estimate of drug-likeness (QED) is 0.513. The number of piperazine rings is 1. The van der Waals surface area contributed by atoms with E-state index in [1.807, 2.05) is 23.1 Å². The highest BCUT2D eigenvalue weighted by Gasteiger charge is 2.24. The van der Waals surface area contributed by atoms with Crippen molar-refractivity contribution in [3.05, 3.63) is 71.3 Å². The molecule has 1 saturated heterocycles. The lowest BCUT2D eigenvalue weighted by molar-refractivity contribution is -0.130. The number of nitrogens with zero attached hydrogens (tertiary/aromatic N) is 5. The van der Waals surface area contributed by atoms with Crippen molar-refractivity contribution in [3.8, 4) is 11.4 Å². The van der Waals surface area contributed by atoms with Crippen LogP contribution in [0.1, 0.15) is 5.56 Å². The van der Waals surface area contributed by atoms with Crippen molar-refractivity contribution in [3.63, 3.8) is 0 Å². The average molecular weight is 451 g/mol. The first-order valence-electron chi connectivity index (χ1n) is 10.3. The molecule has 7 nitrogen and oxygen atoms in total. The molecule has 0 atom stereocenters. The molecule has 1 aliphatic heterocycles. The summed E-state index contributed by atoms with van der Waals surface area (Å²) >= 11 is 6.20. The number of aromatic nitrogens is 4. The number of anilines is 1. The highest BCUT2D eigenvalue weighted by Crippen LogP contribution is 2.26. The number of hydrogen-bond acceptors (Lipinski definition) is 5. The minimum Gasteiger partial charge on any atom is -0.351 e. The fraction of sp³-hybridized carbons (Fsp3) is 0.217. The van der Waals surface area contributed by atoms with Gasteiger partial charge < -0.3 is 14.8 Å². The number of rotatable bonds is 4. The normalized spacial score (nSPS) is 14.2. The zero-order valence-corrected chi connectivity index (χ0v) is 17.9. The van der Waals surface area contributed by atoms with Crippen LogP contribution in [0.3, 0.4) is 0 Å². The third-order valence-electron chi connectivity index (χ3n) is 5.62. The molecule has 4 aromatic rings. The molecule has 2 aromatic heterocycles. The second-order valence-electron chi connectivity index (χ2n) is 7.62. The number of nitrogens with one attached hydrogen (secondary N) is 1. The zero-order chi connectivity index (χ0) is 22.1.